The molecule has 0 saturated heterocycles. The molecule has 2 rings (SSSR count). The van der Waals surface area contributed by atoms with Crippen LogP contribution in [-0.4, -0.2) is 8.42 Å². The lowest BCUT2D eigenvalue weighted by Crippen LogP contribution is -2.14. The summed E-state index contributed by atoms with van der Waals surface area (Å²) in [5.41, 5.74) is 6.36. The van der Waals surface area contributed by atoms with Crippen molar-refractivity contribution in [2.75, 3.05) is 10.5 Å². The molecule has 0 fully saturated rings. The molecule has 0 bridgehead atoms. The largest absolute Gasteiger partial charge is 0.398 e. The second-order valence-electron chi connectivity index (χ2n) is 4.27. The van der Waals surface area contributed by atoms with Gasteiger partial charge >= 0.3 is 0 Å². The second kappa shape index (κ2) is 5.30. The predicted molar refractivity (Wildman–Crippen MR) is 77.8 cm³/mol. The molecule has 0 heterocycles. The van der Waals surface area contributed by atoms with Gasteiger partial charge in [-0.15, -0.1) is 0 Å². The SMILES string of the molecule is Cc1ccc(NS(=O)(=O)c2ccc(N)c(Cl)c2)c(F)c1. The normalized spacial score (nSPS) is 11.3. The summed E-state index contributed by atoms with van der Waals surface area (Å²) in [7, 11) is -3.92. The third-order valence-electron chi connectivity index (χ3n) is 2.65. The quantitative estimate of drug-likeness (QED) is 0.855. The first kappa shape index (κ1) is 14.6. The van der Waals surface area contributed by atoms with Crippen LogP contribution in [0.1, 0.15) is 5.56 Å². The van der Waals surface area contributed by atoms with Gasteiger partial charge in [0.2, 0.25) is 0 Å². The van der Waals surface area contributed by atoms with E-state index in [2.05, 4.69) is 4.72 Å². The predicted octanol–water partition coefficient (Wildman–Crippen LogP) is 3.17. The molecule has 0 spiro atoms. The van der Waals surface area contributed by atoms with Crippen molar-refractivity contribution in [3.63, 3.8) is 0 Å². The third-order valence-corrected chi connectivity index (χ3v) is 4.34. The molecule has 20 heavy (non-hydrogen) atoms. The number of aryl methyl sites for hydroxylation is 1. The maximum absolute atomic E-state index is 13.7. The fraction of sp³-hybridized carbons (Fsp3) is 0.0769. The Hall–Kier alpha value is -1.79. The van der Waals surface area contributed by atoms with Gasteiger partial charge < -0.3 is 5.73 Å². The van der Waals surface area contributed by atoms with E-state index in [-0.39, 0.29) is 21.3 Å². The maximum atomic E-state index is 13.7. The molecule has 2 aromatic rings. The van der Waals surface area contributed by atoms with Crippen LogP contribution in [0.25, 0.3) is 0 Å². The first-order valence-electron chi connectivity index (χ1n) is 5.63. The van der Waals surface area contributed by atoms with E-state index in [0.717, 1.165) is 0 Å². The maximum Gasteiger partial charge on any atom is 0.262 e. The minimum atomic E-state index is -3.92. The zero-order valence-electron chi connectivity index (χ0n) is 10.5. The van der Waals surface area contributed by atoms with Crippen molar-refractivity contribution in [3.8, 4) is 0 Å². The average Bonchev–Trinajstić information content (AvgIpc) is 2.36. The van der Waals surface area contributed by atoms with Crippen molar-refractivity contribution in [2.24, 2.45) is 0 Å². The fourth-order valence-corrected chi connectivity index (χ4v) is 2.92. The molecule has 2 aromatic carbocycles. The van der Waals surface area contributed by atoms with Crippen LogP contribution in [0.3, 0.4) is 0 Å². The van der Waals surface area contributed by atoms with Gasteiger partial charge in [0.25, 0.3) is 10.0 Å². The fourth-order valence-electron chi connectivity index (χ4n) is 1.58. The number of anilines is 2. The number of hydrogen-bond donors (Lipinski definition) is 2. The Balaban J connectivity index is 2.38. The summed E-state index contributed by atoms with van der Waals surface area (Å²) in [5.74, 6) is -0.643. The molecule has 0 aliphatic rings. The van der Waals surface area contributed by atoms with Gasteiger partial charge in [-0.3, -0.25) is 4.72 Å². The smallest absolute Gasteiger partial charge is 0.262 e. The molecule has 7 heteroatoms. The van der Waals surface area contributed by atoms with E-state index in [1.807, 2.05) is 0 Å². The Morgan fingerprint density at radius 2 is 1.90 bits per heavy atom. The standard InChI is InChI=1S/C13H12ClFN2O2S/c1-8-2-5-13(11(15)6-8)17-20(18,19)9-3-4-12(16)10(14)7-9/h2-7,17H,16H2,1H3. The van der Waals surface area contributed by atoms with Gasteiger partial charge in [0.05, 0.1) is 21.3 Å². The van der Waals surface area contributed by atoms with Crippen molar-refractivity contribution >= 4 is 33.0 Å². The first-order chi connectivity index (χ1) is 9.29. The number of rotatable bonds is 3. The molecule has 106 valence electrons. The van der Waals surface area contributed by atoms with Gasteiger partial charge in [0, 0.05) is 0 Å². The zero-order chi connectivity index (χ0) is 14.9. The number of benzene rings is 2. The first-order valence-corrected chi connectivity index (χ1v) is 7.50. The second-order valence-corrected chi connectivity index (χ2v) is 6.36. The van der Waals surface area contributed by atoms with Crippen LogP contribution < -0.4 is 10.5 Å². The van der Waals surface area contributed by atoms with E-state index in [1.165, 1.54) is 30.3 Å². The number of nitrogens with one attached hydrogen (secondary N) is 1. The summed E-state index contributed by atoms with van der Waals surface area (Å²) in [6.07, 6.45) is 0. The molecule has 4 nitrogen and oxygen atoms in total. The lowest BCUT2D eigenvalue weighted by molar-refractivity contribution is 0.598. The van der Waals surface area contributed by atoms with Crippen molar-refractivity contribution < 1.29 is 12.8 Å². The van der Waals surface area contributed by atoms with Crippen LogP contribution in [0.4, 0.5) is 15.8 Å². The Morgan fingerprint density at radius 1 is 1.20 bits per heavy atom. The molecule has 0 aliphatic heterocycles. The molecular weight excluding hydrogens is 303 g/mol. The summed E-state index contributed by atoms with van der Waals surface area (Å²) in [5, 5.41) is 0.122. The Bertz CT molecular complexity index is 763. The van der Waals surface area contributed by atoms with Crippen LogP contribution >= 0.6 is 11.6 Å². The monoisotopic (exact) mass is 314 g/mol. The average molecular weight is 315 g/mol. The molecular formula is C13H12ClFN2O2S. The van der Waals surface area contributed by atoms with E-state index >= 15 is 0 Å². The molecule has 0 aliphatic carbocycles. The van der Waals surface area contributed by atoms with E-state index < -0.39 is 15.8 Å². The molecule has 0 saturated carbocycles. The summed E-state index contributed by atoms with van der Waals surface area (Å²) >= 11 is 5.78. The van der Waals surface area contributed by atoms with Crippen LogP contribution in [0, 0.1) is 12.7 Å². The highest BCUT2D eigenvalue weighted by atomic mass is 35.5. The molecule has 0 unspecified atom stereocenters. The highest BCUT2D eigenvalue weighted by Gasteiger charge is 2.17. The van der Waals surface area contributed by atoms with Gasteiger partial charge in [0.15, 0.2) is 0 Å². The van der Waals surface area contributed by atoms with E-state index in [9.17, 15) is 12.8 Å². The number of hydrogen-bond acceptors (Lipinski definition) is 3. The molecule has 0 aromatic heterocycles. The van der Waals surface area contributed by atoms with Crippen molar-refractivity contribution in [3.05, 3.63) is 52.8 Å². The summed E-state index contributed by atoms with van der Waals surface area (Å²) in [6, 6.07) is 8.11. The topological polar surface area (TPSA) is 72.2 Å². The van der Waals surface area contributed by atoms with Gasteiger partial charge in [-0.2, -0.15) is 0 Å². The Kier molecular flexibility index (Phi) is 3.87. The van der Waals surface area contributed by atoms with Crippen LogP contribution in [0.2, 0.25) is 5.02 Å². The number of nitrogen functional groups attached to an aromatic ring is 1. The van der Waals surface area contributed by atoms with Gasteiger partial charge in [-0.1, -0.05) is 17.7 Å². The Morgan fingerprint density at radius 3 is 2.50 bits per heavy atom. The van der Waals surface area contributed by atoms with E-state index in [0.29, 0.717) is 5.56 Å². The number of sulfonamides is 1. The van der Waals surface area contributed by atoms with Crippen molar-refractivity contribution in [1.29, 1.82) is 0 Å². The molecule has 3 N–H and O–H groups in total. The molecule has 0 amide bonds. The highest BCUT2D eigenvalue weighted by Crippen LogP contribution is 2.25. The van der Waals surface area contributed by atoms with E-state index in [4.69, 9.17) is 17.3 Å². The number of nitrogens with two attached hydrogens (primary N) is 1. The van der Waals surface area contributed by atoms with E-state index in [1.54, 1.807) is 13.0 Å². The lowest BCUT2D eigenvalue weighted by atomic mass is 10.2. The van der Waals surface area contributed by atoms with Crippen LogP contribution in [0.5, 0.6) is 0 Å². The summed E-state index contributed by atoms with van der Waals surface area (Å²) in [6.45, 7) is 1.71. The van der Waals surface area contributed by atoms with Gasteiger partial charge in [-0.05, 0) is 42.8 Å². The molecule has 0 atom stereocenters. The van der Waals surface area contributed by atoms with Crippen molar-refractivity contribution in [2.45, 2.75) is 11.8 Å². The highest BCUT2D eigenvalue weighted by molar-refractivity contribution is 7.92. The lowest BCUT2D eigenvalue weighted by Gasteiger charge is -2.10. The Labute approximate surface area is 121 Å². The van der Waals surface area contributed by atoms with Crippen LogP contribution in [0.15, 0.2) is 41.3 Å². The zero-order valence-corrected chi connectivity index (χ0v) is 12.1. The minimum absolute atomic E-state index is 0.0864. The summed E-state index contributed by atoms with van der Waals surface area (Å²) < 4.78 is 40.1. The van der Waals surface area contributed by atoms with Gasteiger partial charge in [0.1, 0.15) is 5.82 Å². The third kappa shape index (κ3) is 3.02. The molecule has 0 radical (unpaired) electrons. The minimum Gasteiger partial charge on any atom is -0.398 e. The number of halogens is 2. The summed E-state index contributed by atoms with van der Waals surface area (Å²) in [4.78, 5) is -0.0864. The van der Waals surface area contributed by atoms with Crippen molar-refractivity contribution in [1.82, 2.24) is 0 Å². The van der Waals surface area contributed by atoms with Gasteiger partial charge in [-0.25, -0.2) is 12.8 Å². The van der Waals surface area contributed by atoms with Crippen LogP contribution in [-0.2, 0) is 10.0 Å².